The fourth-order valence-electron chi connectivity index (χ4n) is 2.15. The molecule has 2 N–H and O–H groups in total. The zero-order valence-electron chi connectivity index (χ0n) is 12.5. The number of aryl methyl sites for hydroxylation is 1. The molecule has 1 atom stereocenters. The highest BCUT2D eigenvalue weighted by Gasteiger charge is 2.33. The van der Waals surface area contributed by atoms with Gasteiger partial charge in [-0.05, 0) is 18.6 Å². The average molecular weight is 334 g/mol. The Labute approximate surface area is 135 Å². The number of aromatic nitrogens is 5. The van der Waals surface area contributed by atoms with Gasteiger partial charge in [-0.3, -0.25) is 5.10 Å². The summed E-state index contributed by atoms with van der Waals surface area (Å²) < 4.78 is 38.4. The molecule has 2 heterocycles. The first kappa shape index (κ1) is 15.9. The molecular formula is C15H13F3N6. The van der Waals surface area contributed by atoms with Gasteiger partial charge in [-0.15, -0.1) is 0 Å². The summed E-state index contributed by atoms with van der Waals surface area (Å²) in [5.74, 6) is 0.832. The van der Waals surface area contributed by atoms with Crippen LogP contribution in [0.1, 0.15) is 28.9 Å². The van der Waals surface area contributed by atoms with Crippen molar-refractivity contribution >= 4 is 5.95 Å². The molecule has 0 saturated heterocycles. The van der Waals surface area contributed by atoms with Crippen LogP contribution in [-0.2, 0) is 6.18 Å². The summed E-state index contributed by atoms with van der Waals surface area (Å²) >= 11 is 0. The Balaban J connectivity index is 1.96. The van der Waals surface area contributed by atoms with Crippen molar-refractivity contribution in [2.45, 2.75) is 19.1 Å². The summed E-state index contributed by atoms with van der Waals surface area (Å²) in [6.07, 6.45) is -3.48. The summed E-state index contributed by atoms with van der Waals surface area (Å²) in [5, 5.41) is 9.67. The number of hydrogen-bond donors (Lipinski definition) is 2. The highest BCUT2D eigenvalue weighted by Crippen LogP contribution is 2.29. The number of rotatable bonds is 4. The van der Waals surface area contributed by atoms with E-state index in [1.54, 1.807) is 6.92 Å². The van der Waals surface area contributed by atoms with Crippen LogP contribution < -0.4 is 5.32 Å². The second kappa shape index (κ2) is 6.26. The predicted molar refractivity (Wildman–Crippen MR) is 80.1 cm³/mol. The Morgan fingerprint density at radius 3 is 2.46 bits per heavy atom. The molecule has 6 nitrogen and oxygen atoms in total. The molecule has 9 heteroatoms. The van der Waals surface area contributed by atoms with Crippen LogP contribution >= 0.6 is 0 Å². The number of aromatic amines is 1. The van der Waals surface area contributed by atoms with Gasteiger partial charge in [-0.25, -0.2) is 15.0 Å². The minimum atomic E-state index is -4.54. The minimum absolute atomic E-state index is 0.152. The molecule has 0 aliphatic heterocycles. The number of hydrogen-bond acceptors (Lipinski definition) is 5. The van der Waals surface area contributed by atoms with Gasteiger partial charge in [-0.2, -0.15) is 18.3 Å². The molecule has 24 heavy (non-hydrogen) atoms. The molecule has 0 aliphatic rings. The summed E-state index contributed by atoms with van der Waals surface area (Å²) in [4.78, 5) is 11.6. The first-order valence-corrected chi connectivity index (χ1v) is 7.04. The maximum absolute atomic E-state index is 12.8. The van der Waals surface area contributed by atoms with Gasteiger partial charge >= 0.3 is 6.18 Å². The molecule has 0 fully saturated rings. The number of anilines is 1. The third-order valence-corrected chi connectivity index (χ3v) is 3.23. The first-order valence-electron chi connectivity index (χ1n) is 7.04. The van der Waals surface area contributed by atoms with E-state index in [0.717, 1.165) is 17.8 Å². The van der Waals surface area contributed by atoms with E-state index in [1.807, 2.05) is 30.3 Å². The summed E-state index contributed by atoms with van der Waals surface area (Å²) in [5.41, 5.74) is -0.240. The Morgan fingerprint density at radius 1 is 1.08 bits per heavy atom. The fourth-order valence-corrected chi connectivity index (χ4v) is 2.15. The van der Waals surface area contributed by atoms with Crippen LogP contribution in [0.2, 0.25) is 0 Å². The standard InChI is InChI=1S/C15H13F3N6/c1-9-20-13(24-23-9)12(10-5-3-2-4-6-10)22-14-19-8-7-11(21-14)15(16,17)18/h2-8,12H,1H3,(H,19,21,22)(H,20,23,24). The molecule has 0 aliphatic carbocycles. The zero-order chi connectivity index (χ0) is 17.2. The number of halogens is 3. The van der Waals surface area contributed by atoms with E-state index in [-0.39, 0.29) is 5.95 Å². The maximum atomic E-state index is 12.8. The van der Waals surface area contributed by atoms with Gasteiger partial charge in [-0.1, -0.05) is 30.3 Å². The topological polar surface area (TPSA) is 79.4 Å². The van der Waals surface area contributed by atoms with Gasteiger partial charge in [0.2, 0.25) is 5.95 Å². The second-order valence-electron chi connectivity index (χ2n) is 5.03. The molecule has 0 radical (unpaired) electrons. The maximum Gasteiger partial charge on any atom is 0.433 e. The van der Waals surface area contributed by atoms with Crippen LogP contribution in [0.4, 0.5) is 19.1 Å². The third-order valence-electron chi connectivity index (χ3n) is 3.23. The summed E-state index contributed by atoms with van der Waals surface area (Å²) in [6, 6.07) is 9.34. The smallest absolute Gasteiger partial charge is 0.340 e. The van der Waals surface area contributed by atoms with Crippen molar-refractivity contribution in [3.05, 3.63) is 65.5 Å². The SMILES string of the molecule is Cc1nc(C(Nc2nccc(C(F)(F)F)n2)c2ccccc2)n[nH]1. The van der Waals surface area contributed by atoms with Crippen LogP contribution in [0, 0.1) is 6.92 Å². The second-order valence-corrected chi connectivity index (χ2v) is 5.03. The number of nitrogens with zero attached hydrogens (tertiary/aromatic N) is 4. The molecule has 1 aromatic carbocycles. The van der Waals surface area contributed by atoms with E-state index < -0.39 is 17.9 Å². The van der Waals surface area contributed by atoms with Gasteiger partial charge in [0.25, 0.3) is 0 Å². The van der Waals surface area contributed by atoms with Crippen molar-refractivity contribution in [3.63, 3.8) is 0 Å². The lowest BCUT2D eigenvalue weighted by Gasteiger charge is -2.17. The summed E-state index contributed by atoms with van der Waals surface area (Å²) in [6.45, 7) is 1.74. The molecule has 0 amide bonds. The lowest BCUT2D eigenvalue weighted by atomic mass is 10.1. The molecule has 3 aromatic rings. The van der Waals surface area contributed by atoms with Crippen LogP contribution in [0.25, 0.3) is 0 Å². The Hall–Kier alpha value is -2.97. The van der Waals surface area contributed by atoms with E-state index in [4.69, 9.17) is 0 Å². The van der Waals surface area contributed by atoms with Crippen molar-refractivity contribution in [2.75, 3.05) is 5.32 Å². The number of benzene rings is 1. The monoisotopic (exact) mass is 334 g/mol. The highest BCUT2D eigenvalue weighted by atomic mass is 19.4. The van der Waals surface area contributed by atoms with Crippen molar-refractivity contribution < 1.29 is 13.2 Å². The zero-order valence-corrected chi connectivity index (χ0v) is 12.5. The quantitative estimate of drug-likeness (QED) is 0.766. The van der Waals surface area contributed by atoms with E-state index in [0.29, 0.717) is 11.6 Å². The Morgan fingerprint density at radius 2 is 1.83 bits per heavy atom. The van der Waals surface area contributed by atoms with Gasteiger partial charge in [0.05, 0.1) is 0 Å². The van der Waals surface area contributed by atoms with E-state index >= 15 is 0 Å². The lowest BCUT2D eigenvalue weighted by Crippen LogP contribution is -2.17. The summed E-state index contributed by atoms with van der Waals surface area (Å²) in [7, 11) is 0. The molecule has 0 saturated carbocycles. The van der Waals surface area contributed by atoms with Crippen LogP contribution in [-0.4, -0.2) is 25.1 Å². The average Bonchev–Trinajstić information content (AvgIpc) is 2.99. The normalized spacial score (nSPS) is 12.8. The molecule has 0 bridgehead atoms. The molecular weight excluding hydrogens is 321 g/mol. The Bertz CT molecular complexity index is 815. The van der Waals surface area contributed by atoms with Gasteiger partial charge in [0.15, 0.2) is 5.82 Å². The largest absolute Gasteiger partial charge is 0.433 e. The molecule has 0 spiro atoms. The van der Waals surface area contributed by atoms with Gasteiger partial charge in [0.1, 0.15) is 17.6 Å². The molecule has 3 rings (SSSR count). The minimum Gasteiger partial charge on any atom is -0.340 e. The first-order chi connectivity index (χ1) is 11.4. The third kappa shape index (κ3) is 3.50. The van der Waals surface area contributed by atoms with Gasteiger partial charge < -0.3 is 5.32 Å². The Kier molecular flexibility index (Phi) is 4.15. The van der Waals surface area contributed by atoms with Crippen molar-refractivity contribution in [1.29, 1.82) is 0 Å². The molecule has 1 unspecified atom stereocenters. The van der Waals surface area contributed by atoms with Gasteiger partial charge in [0, 0.05) is 6.20 Å². The highest BCUT2D eigenvalue weighted by molar-refractivity contribution is 5.37. The van der Waals surface area contributed by atoms with Crippen molar-refractivity contribution in [3.8, 4) is 0 Å². The molecule has 124 valence electrons. The van der Waals surface area contributed by atoms with Crippen LogP contribution in [0.5, 0.6) is 0 Å². The number of nitrogens with one attached hydrogen (secondary N) is 2. The van der Waals surface area contributed by atoms with Crippen molar-refractivity contribution in [2.24, 2.45) is 0 Å². The number of alkyl halides is 3. The van der Waals surface area contributed by atoms with Crippen LogP contribution in [0.3, 0.4) is 0 Å². The van der Waals surface area contributed by atoms with Crippen molar-refractivity contribution in [1.82, 2.24) is 25.1 Å². The number of H-pyrrole nitrogens is 1. The van der Waals surface area contributed by atoms with Crippen LogP contribution in [0.15, 0.2) is 42.6 Å². The van der Waals surface area contributed by atoms with E-state index in [9.17, 15) is 13.2 Å². The van der Waals surface area contributed by atoms with E-state index in [2.05, 4.69) is 30.5 Å². The molecule has 2 aromatic heterocycles. The fraction of sp³-hybridized carbons (Fsp3) is 0.200. The van der Waals surface area contributed by atoms with E-state index in [1.165, 1.54) is 0 Å². The lowest BCUT2D eigenvalue weighted by molar-refractivity contribution is -0.141. The predicted octanol–water partition coefficient (Wildman–Crippen LogP) is 3.12.